The maximum atomic E-state index is 13.7. The Balaban J connectivity index is 2.05. The van der Waals surface area contributed by atoms with Gasteiger partial charge in [0.05, 0.1) is 0 Å². The third-order valence-corrected chi connectivity index (χ3v) is 3.90. The molecular formula is C13H11BClFO2S. The Hall–Kier alpha value is -1.01. The molecule has 0 bridgehead atoms. The summed E-state index contributed by atoms with van der Waals surface area (Å²) < 4.78 is 13.7. The fraction of sp³-hybridized carbons (Fsp3) is 0.0769. The van der Waals surface area contributed by atoms with Gasteiger partial charge < -0.3 is 10.0 Å². The lowest BCUT2D eigenvalue weighted by Gasteiger charge is -2.06. The minimum Gasteiger partial charge on any atom is -0.423 e. The molecule has 0 saturated heterocycles. The summed E-state index contributed by atoms with van der Waals surface area (Å²) in [5, 5.41) is 18.6. The van der Waals surface area contributed by atoms with Crippen molar-refractivity contribution in [1.82, 2.24) is 0 Å². The summed E-state index contributed by atoms with van der Waals surface area (Å²) >= 11 is 7.27. The average Bonchev–Trinajstić information content (AvgIpc) is 2.39. The van der Waals surface area contributed by atoms with Crippen molar-refractivity contribution in [1.29, 1.82) is 0 Å². The highest BCUT2D eigenvalue weighted by molar-refractivity contribution is 7.98. The molecule has 0 amide bonds. The Labute approximate surface area is 120 Å². The van der Waals surface area contributed by atoms with Crippen molar-refractivity contribution >= 4 is 35.9 Å². The number of hydrogen-bond acceptors (Lipinski definition) is 3. The SMILES string of the molecule is OB(O)c1ccc(CSc2ccc(Cl)cc2)c(F)c1. The van der Waals surface area contributed by atoms with Crippen LogP contribution >= 0.6 is 23.4 Å². The van der Waals surface area contributed by atoms with Crippen molar-refractivity contribution in [2.24, 2.45) is 0 Å². The lowest BCUT2D eigenvalue weighted by atomic mass is 9.80. The number of thioether (sulfide) groups is 1. The monoisotopic (exact) mass is 296 g/mol. The summed E-state index contributed by atoms with van der Waals surface area (Å²) in [6.45, 7) is 0. The van der Waals surface area contributed by atoms with Crippen LogP contribution in [0.1, 0.15) is 5.56 Å². The van der Waals surface area contributed by atoms with Gasteiger partial charge in [0.25, 0.3) is 0 Å². The Morgan fingerprint density at radius 2 is 1.79 bits per heavy atom. The highest BCUT2D eigenvalue weighted by Gasteiger charge is 2.13. The van der Waals surface area contributed by atoms with Crippen LogP contribution in [0.4, 0.5) is 4.39 Å². The second-order valence-corrected chi connectivity index (χ2v) is 5.45. The molecule has 2 nitrogen and oxygen atoms in total. The molecule has 0 atom stereocenters. The van der Waals surface area contributed by atoms with Crippen LogP contribution in [0.5, 0.6) is 0 Å². The molecule has 0 radical (unpaired) electrons. The Morgan fingerprint density at radius 3 is 2.37 bits per heavy atom. The first-order valence-electron chi connectivity index (χ1n) is 5.59. The maximum Gasteiger partial charge on any atom is 0.488 e. The van der Waals surface area contributed by atoms with E-state index in [0.29, 0.717) is 16.3 Å². The van der Waals surface area contributed by atoms with Gasteiger partial charge in [0.1, 0.15) is 5.82 Å². The van der Waals surface area contributed by atoms with E-state index in [4.69, 9.17) is 21.6 Å². The lowest BCUT2D eigenvalue weighted by molar-refractivity contribution is 0.425. The van der Waals surface area contributed by atoms with Gasteiger partial charge >= 0.3 is 7.12 Å². The van der Waals surface area contributed by atoms with Crippen LogP contribution in [-0.4, -0.2) is 17.2 Å². The highest BCUT2D eigenvalue weighted by Crippen LogP contribution is 2.25. The van der Waals surface area contributed by atoms with E-state index in [1.165, 1.54) is 17.8 Å². The topological polar surface area (TPSA) is 40.5 Å². The molecule has 0 aromatic heterocycles. The molecule has 0 fully saturated rings. The standard InChI is InChI=1S/C13H11BClFO2S/c15-11-3-5-12(6-4-11)19-8-9-1-2-10(14(17)18)7-13(9)16/h1-7,17-18H,8H2. The lowest BCUT2D eigenvalue weighted by Crippen LogP contribution is -2.30. The minimum atomic E-state index is -1.65. The number of benzene rings is 2. The zero-order valence-corrected chi connectivity index (χ0v) is 11.5. The number of hydrogen-bond donors (Lipinski definition) is 2. The quantitative estimate of drug-likeness (QED) is 0.672. The first kappa shape index (κ1) is 14.4. The first-order valence-corrected chi connectivity index (χ1v) is 6.95. The van der Waals surface area contributed by atoms with Crippen molar-refractivity contribution in [2.45, 2.75) is 10.6 Å². The average molecular weight is 297 g/mol. The predicted octanol–water partition coefficient (Wildman–Crippen LogP) is 2.45. The fourth-order valence-corrected chi connectivity index (χ4v) is 2.54. The zero-order valence-electron chi connectivity index (χ0n) is 9.88. The van der Waals surface area contributed by atoms with E-state index in [1.807, 2.05) is 12.1 Å². The highest BCUT2D eigenvalue weighted by atomic mass is 35.5. The predicted molar refractivity (Wildman–Crippen MR) is 77.2 cm³/mol. The van der Waals surface area contributed by atoms with Crippen molar-refractivity contribution in [2.75, 3.05) is 0 Å². The van der Waals surface area contributed by atoms with Crippen molar-refractivity contribution in [3.8, 4) is 0 Å². The van der Waals surface area contributed by atoms with Crippen LogP contribution in [0, 0.1) is 5.82 Å². The summed E-state index contributed by atoms with van der Waals surface area (Å²) in [6, 6.07) is 11.5. The third-order valence-electron chi connectivity index (χ3n) is 2.58. The van der Waals surface area contributed by atoms with Crippen LogP contribution in [0.3, 0.4) is 0 Å². The van der Waals surface area contributed by atoms with Gasteiger partial charge in [-0.15, -0.1) is 11.8 Å². The van der Waals surface area contributed by atoms with E-state index in [1.54, 1.807) is 18.2 Å². The van der Waals surface area contributed by atoms with Crippen LogP contribution in [0.2, 0.25) is 5.02 Å². The van der Waals surface area contributed by atoms with Gasteiger partial charge in [-0.3, -0.25) is 0 Å². The largest absolute Gasteiger partial charge is 0.488 e. The number of rotatable bonds is 4. The van der Waals surface area contributed by atoms with E-state index >= 15 is 0 Å². The molecule has 2 aromatic rings. The molecule has 0 aliphatic rings. The van der Waals surface area contributed by atoms with Crippen LogP contribution in [-0.2, 0) is 5.75 Å². The second-order valence-electron chi connectivity index (χ2n) is 3.97. The van der Waals surface area contributed by atoms with Crippen molar-refractivity contribution < 1.29 is 14.4 Å². The van der Waals surface area contributed by atoms with Crippen molar-refractivity contribution in [3.63, 3.8) is 0 Å². The zero-order chi connectivity index (χ0) is 13.8. The normalized spacial score (nSPS) is 10.5. The van der Waals surface area contributed by atoms with E-state index in [2.05, 4.69) is 0 Å². The summed E-state index contributed by atoms with van der Waals surface area (Å²) in [7, 11) is -1.65. The Bertz CT molecular complexity index is 563. The molecule has 2 rings (SSSR count). The van der Waals surface area contributed by atoms with Gasteiger partial charge in [0, 0.05) is 15.7 Å². The second kappa shape index (κ2) is 6.43. The molecule has 0 aliphatic heterocycles. The summed E-state index contributed by atoms with van der Waals surface area (Å²) in [6.07, 6.45) is 0. The van der Waals surface area contributed by atoms with E-state index in [9.17, 15) is 4.39 Å². The molecule has 0 unspecified atom stereocenters. The molecular weight excluding hydrogens is 285 g/mol. The van der Waals surface area contributed by atoms with Gasteiger partial charge in [-0.1, -0.05) is 23.7 Å². The van der Waals surface area contributed by atoms with Gasteiger partial charge in [0.15, 0.2) is 0 Å². The maximum absolute atomic E-state index is 13.7. The van der Waals surface area contributed by atoms with E-state index in [-0.39, 0.29) is 5.46 Å². The molecule has 19 heavy (non-hydrogen) atoms. The molecule has 2 aromatic carbocycles. The van der Waals surface area contributed by atoms with Crippen LogP contribution in [0.15, 0.2) is 47.4 Å². The number of halogens is 2. The van der Waals surface area contributed by atoms with Gasteiger partial charge in [0.2, 0.25) is 0 Å². The molecule has 0 heterocycles. The minimum absolute atomic E-state index is 0.151. The first-order chi connectivity index (χ1) is 9.06. The summed E-state index contributed by atoms with van der Waals surface area (Å²) in [5.41, 5.74) is 0.669. The third kappa shape index (κ3) is 3.98. The summed E-state index contributed by atoms with van der Waals surface area (Å²) in [4.78, 5) is 0.995. The molecule has 0 spiro atoms. The van der Waals surface area contributed by atoms with Crippen LogP contribution in [0.25, 0.3) is 0 Å². The van der Waals surface area contributed by atoms with Crippen molar-refractivity contribution in [3.05, 3.63) is 58.9 Å². The van der Waals surface area contributed by atoms with Gasteiger partial charge in [-0.25, -0.2) is 4.39 Å². The van der Waals surface area contributed by atoms with Crippen LogP contribution < -0.4 is 5.46 Å². The van der Waals surface area contributed by atoms with E-state index < -0.39 is 12.9 Å². The molecule has 0 saturated carbocycles. The smallest absolute Gasteiger partial charge is 0.423 e. The molecule has 98 valence electrons. The fourth-order valence-electron chi connectivity index (χ4n) is 1.53. The molecule has 0 aliphatic carbocycles. The van der Waals surface area contributed by atoms with Gasteiger partial charge in [-0.05, 0) is 41.4 Å². The molecule has 6 heteroatoms. The van der Waals surface area contributed by atoms with Gasteiger partial charge in [-0.2, -0.15) is 0 Å². The Morgan fingerprint density at radius 1 is 1.11 bits per heavy atom. The molecule has 2 N–H and O–H groups in total. The van der Waals surface area contributed by atoms with E-state index in [0.717, 1.165) is 11.0 Å². The summed E-state index contributed by atoms with van der Waals surface area (Å²) in [5.74, 6) is 0.0296. The Kier molecular flexibility index (Phi) is 4.88.